The number of hydrogen-bond donors (Lipinski definition) is 2. The SMILES string of the molecule is CC[C@H](C)[C@H](N)C(=O)NCc1ccccc1.Cl. The van der Waals surface area contributed by atoms with Crippen LogP contribution >= 0.6 is 12.4 Å². The molecule has 1 aromatic carbocycles. The Balaban J connectivity index is 0.00000256. The van der Waals surface area contributed by atoms with E-state index in [4.69, 9.17) is 5.73 Å². The zero-order valence-electron chi connectivity index (χ0n) is 10.3. The first-order valence-electron chi connectivity index (χ1n) is 5.72. The Bertz CT molecular complexity index is 329. The van der Waals surface area contributed by atoms with Gasteiger partial charge in [0.2, 0.25) is 5.91 Å². The Kier molecular flexibility index (Phi) is 7.59. The van der Waals surface area contributed by atoms with Crippen LogP contribution in [0.25, 0.3) is 0 Å². The van der Waals surface area contributed by atoms with Crippen molar-refractivity contribution in [2.24, 2.45) is 11.7 Å². The van der Waals surface area contributed by atoms with Gasteiger partial charge >= 0.3 is 0 Å². The third-order valence-electron chi connectivity index (χ3n) is 2.87. The molecule has 0 bridgehead atoms. The van der Waals surface area contributed by atoms with Crippen LogP contribution in [0.1, 0.15) is 25.8 Å². The number of carbonyl (C=O) groups is 1. The fourth-order valence-electron chi connectivity index (χ4n) is 1.42. The lowest BCUT2D eigenvalue weighted by atomic mass is 9.99. The van der Waals surface area contributed by atoms with E-state index in [0.29, 0.717) is 6.54 Å². The van der Waals surface area contributed by atoms with Crippen LogP contribution in [-0.2, 0) is 11.3 Å². The summed E-state index contributed by atoms with van der Waals surface area (Å²) < 4.78 is 0. The van der Waals surface area contributed by atoms with Gasteiger partial charge in [-0.15, -0.1) is 12.4 Å². The van der Waals surface area contributed by atoms with Crippen molar-refractivity contribution in [2.45, 2.75) is 32.9 Å². The maximum absolute atomic E-state index is 11.7. The van der Waals surface area contributed by atoms with E-state index in [0.717, 1.165) is 12.0 Å². The highest BCUT2D eigenvalue weighted by molar-refractivity contribution is 5.85. The molecule has 2 atom stereocenters. The van der Waals surface area contributed by atoms with Gasteiger partial charge in [-0.3, -0.25) is 4.79 Å². The molecule has 0 unspecified atom stereocenters. The molecular formula is C13H21ClN2O. The van der Waals surface area contributed by atoms with Crippen molar-refractivity contribution in [3.63, 3.8) is 0 Å². The van der Waals surface area contributed by atoms with E-state index in [2.05, 4.69) is 5.32 Å². The lowest BCUT2D eigenvalue weighted by Crippen LogP contribution is -2.44. The zero-order valence-corrected chi connectivity index (χ0v) is 11.2. The van der Waals surface area contributed by atoms with Crippen molar-refractivity contribution in [2.75, 3.05) is 0 Å². The van der Waals surface area contributed by atoms with Crippen molar-refractivity contribution in [1.29, 1.82) is 0 Å². The van der Waals surface area contributed by atoms with Gasteiger partial charge in [0.1, 0.15) is 0 Å². The maximum atomic E-state index is 11.7. The molecule has 0 saturated carbocycles. The third-order valence-corrected chi connectivity index (χ3v) is 2.87. The highest BCUT2D eigenvalue weighted by atomic mass is 35.5. The van der Waals surface area contributed by atoms with E-state index in [9.17, 15) is 4.79 Å². The number of amides is 1. The van der Waals surface area contributed by atoms with E-state index in [1.54, 1.807) is 0 Å². The van der Waals surface area contributed by atoms with E-state index in [1.165, 1.54) is 0 Å². The van der Waals surface area contributed by atoms with Crippen LogP contribution in [0.15, 0.2) is 30.3 Å². The summed E-state index contributed by atoms with van der Waals surface area (Å²) in [6, 6.07) is 9.42. The van der Waals surface area contributed by atoms with Crippen molar-refractivity contribution in [3.05, 3.63) is 35.9 Å². The molecule has 0 radical (unpaired) electrons. The first-order chi connectivity index (χ1) is 7.65. The fourth-order valence-corrected chi connectivity index (χ4v) is 1.42. The first kappa shape index (κ1) is 15.9. The molecule has 0 spiro atoms. The molecule has 0 fully saturated rings. The maximum Gasteiger partial charge on any atom is 0.237 e. The van der Waals surface area contributed by atoms with Crippen molar-refractivity contribution in [1.82, 2.24) is 5.32 Å². The molecule has 0 aliphatic rings. The summed E-state index contributed by atoms with van der Waals surface area (Å²) in [4.78, 5) is 11.7. The van der Waals surface area contributed by atoms with Gasteiger partial charge in [-0.25, -0.2) is 0 Å². The topological polar surface area (TPSA) is 55.1 Å². The number of benzene rings is 1. The number of rotatable bonds is 5. The van der Waals surface area contributed by atoms with Gasteiger partial charge in [0.25, 0.3) is 0 Å². The van der Waals surface area contributed by atoms with Crippen LogP contribution in [-0.4, -0.2) is 11.9 Å². The summed E-state index contributed by atoms with van der Waals surface area (Å²) in [7, 11) is 0. The van der Waals surface area contributed by atoms with Crippen LogP contribution < -0.4 is 11.1 Å². The Morgan fingerprint density at radius 2 is 1.94 bits per heavy atom. The van der Waals surface area contributed by atoms with Crippen molar-refractivity contribution < 1.29 is 4.79 Å². The molecule has 4 heteroatoms. The molecule has 17 heavy (non-hydrogen) atoms. The molecule has 0 aliphatic heterocycles. The summed E-state index contributed by atoms with van der Waals surface area (Å²) in [5, 5.41) is 2.85. The van der Waals surface area contributed by atoms with Crippen molar-refractivity contribution >= 4 is 18.3 Å². The quantitative estimate of drug-likeness (QED) is 0.848. The van der Waals surface area contributed by atoms with E-state index in [1.807, 2.05) is 44.2 Å². The Morgan fingerprint density at radius 3 is 2.47 bits per heavy atom. The molecule has 1 aromatic rings. The monoisotopic (exact) mass is 256 g/mol. The molecular weight excluding hydrogens is 236 g/mol. The minimum atomic E-state index is -0.409. The lowest BCUT2D eigenvalue weighted by Gasteiger charge is -2.17. The highest BCUT2D eigenvalue weighted by Gasteiger charge is 2.18. The Hall–Kier alpha value is -1.06. The van der Waals surface area contributed by atoms with Gasteiger partial charge in [-0.1, -0.05) is 50.6 Å². The number of halogens is 1. The second kappa shape index (κ2) is 8.09. The normalized spacial score (nSPS) is 13.4. The van der Waals surface area contributed by atoms with Crippen LogP contribution in [0.2, 0.25) is 0 Å². The predicted molar refractivity (Wildman–Crippen MR) is 73.0 cm³/mol. The summed E-state index contributed by atoms with van der Waals surface area (Å²) in [5.41, 5.74) is 6.91. The van der Waals surface area contributed by atoms with Crippen LogP contribution in [0, 0.1) is 5.92 Å². The third kappa shape index (κ3) is 5.20. The molecule has 0 saturated heterocycles. The molecule has 96 valence electrons. The summed E-state index contributed by atoms with van der Waals surface area (Å²) >= 11 is 0. The summed E-state index contributed by atoms with van der Waals surface area (Å²) in [6.07, 6.45) is 0.917. The average molecular weight is 257 g/mol. The molecule has 0 aliphatic carbocycles. The minimum absolute atomic E-state index is 0. The van der Waals surface area contributed by atoms with Gasteiger partial charge in [0, 0.05) is 6.54 Å². The number of hydrogen-bond acceptors (Lipinski definition) is 2. The first-order valence-corrected chi connectivity index (χ1v) is 5.72. The van der Waals surface area contributed by atoms with E-state index in [-0.39, 0.29) is 24.2 Å². The van der Waals surface area contributed by atoms with Gasteiger partial charge in [-0.2, -0.15) is 0 Å². The molecule has 3 nitrogen and oxygen atoms in total. The van der Waals surface area contributed by atoms with Gasteiger partial charge in [0.05, 0.1) is 6.04 Å². The fraction of sp³-hybridized carbons (Fsp3) is 0.462. The largest absolute Gasteiger partial charge is 0.351 e. The molecule has 3 N–H and O–H groups in total. The van der Waals surface area contributed by atoms with Gasteiger partial charge < -0.3 is 11.1 Å². The average Bonchev–Trinajstić information content (AvgIpc) is 2.35. The van der Waals surface area contributed by atoms with Crippen molar-refractivity contribution in [3.8, 4) is 0 Å². The Labute approximate surface area is 109 Å². The van der Waals surface area contributed by atoms with Crippen LogP contribution in [0.5, 0.6) is 0 Å². The standard InChI is InChI=1S/C13H20N2O.ClH/c1-3-10(2)12(14)13(16)15-9-11-7-5-4-6-8-11;/h4-8,10,12H,3,9,14H2,1-2H3,(H,15,16);1H/t10-,12-;/m0./s1. The van der Waals surface area contributed by atoms with Crippen LogP contribution in [0.4, 0.5) is 0 Å². The molecule has 0 heterocycles. The van der Waals surface area contributed by atoms with Gasteiger partial charge in [0.15, 0.2) is 0 Å². The molecule has 1 amide bonds. The summed E-state index contributed by atoms with van der Waals surface area (Å²) in [6.45, 7) is 4.57. The zero-order chi connectivity index (χ0) is 12.0. The van der Waals surface area contributed by atoms with E-state index >= 15 is 0 Å². The number of carbonyl (C=O) groups excluding carboxylic acids is 1. The minimum Gasteiger partial charge on any atom is -0.351 e. The molecule has 0 aromatic heterocycles. The van der Waals surface area contributed by atoms with Crippen LogP contribution in [0.3, 0.4) is 0 Å². The lowest BCUT2D eigenvalue weighted by molar-refractivity contribution is -0.123. The summed E-state index contributed by atoms with van der Waals surface area (Å²) in [5.74, 6) is 0.147. The second-order valence-electron chi connectivity index (χ2n) is 4.11. The molecule has 1 rings (SSSR count). The van der Waals surface area contributed by atoms with Gasteiger partial charge in [-0.05, 0) is 11.5 Å². The Morgan fingerprint density at radius 1 is 1.35 bits per heavy atom. The number of nitrogens with one attached hydrogen (secondary N) is 1. The highest BCUT2D eigenvalue weighted by Crippen LogP contribution is 2.05. The second-order valence-corrected chi connectivity index (χ2v) is 4.11. The number of nitrogens with two attached hydrogens (primary N) is 1. The smallest absolute Gasteiger partial charge is 0.237 e. The van der Waals surface area contributed by atoms with E-state index < -0.39 is 6.04 Å². The predicted octanol–water partition coefficient (Wildman–Crippen LogP) is 2.10.